The molecule has 0 aromatic heterocycles. The fourth-order valence-corrected chi connectivity index (χ4v) is 1.98. The van der Waals surface area contributed by atoms with Gasteiger partial charge >= 0.3 is 0 Å². The van der Waals surface area contributed by atoms with Crippen molar-refractivity contribution in [1.82, 2.24) is 5.32 Å². The van der Waals surface area contributed by atoms with E-state index in [0.717, 1.165) is 17.5 Å². The van der Waals surface area contributed by atoms with Crippen molar-refractivity contribution >= 4 is 5.91 Å². The number of amides is 1. The molecule has 2 aromatic rings. The normalized spacial score (nSPS) is 9.95. The molecule has 2 rings (SSSR count). The largest absolute Gasteiger partial charge is 0.352 e. The van der Waals surface area contributed by atoms with Crippen molar-refractivity contribution in [2.75, 3.05) is 6.54 Å². The van der Waals surface area contributed by atoms with Crippen LogP contribution >= 0.6 is 0 Å². The first-order valence-corrected chi connectivity index (χ1v) is 7.60. The molecule has 0 heterocycles. The van der Waals surface area contributed by atoms with E-state index in [0.29, 0.717) is 18.0 Å². The summed E-state index contributed by atoms with van der Waals surface area (Å²) < 4.78 is 0. The third-order valence-electron chi connectivity index (χ3n) is 3.26. The maximum absolute atomic E-state index is 12.1. The minimum absolute atomic E-state index is 0.0380. The van der Waals surface area contributed by atoms with E-state index in [4.69, 9.17) is 0 Å². The van der Waals surface area contributed by atoms with Gasteiger partial charge < -0.3 is 5.32 Å². The molecule has 2 heteroatoms. The van der Waals surface area contributed by atoms with Crippen molar-refractivity contribution in [3.8, 4) is 11.8 Å². The second-order valence-electron chi connectivity index (χ2n) is 5.64. The fourth-order valence-electron chi connectivity index (χ4n) is 1.98. The number of rotatable bonds is 4. The lowest BCUT2D eigenvalue weighted by Gasteiger charge is -2.07. The van der Waals surface area contributed by atoms with Crippen LogP contribution in [-0.4, -0.2) is 12.5 Å². The maximum Gasteiger partial charge on any atom is 0.251 e. The zero-order valence-electron chi connectivity index (χ0n) is 13.1. The number of benzene rings is 2. The second kappa shape index (κ2) is 8.05. The van der Waals surface area contributed by atoms with Gasteiger partial charge in [-0.15, -0.1) is 0 Å². The van der Waals surface area contributed by atoms with E-state index in [9.17, 15) is 4.79 Å². The number of carbonyl (C=O) groups excluding carboxylic acids is 1. The average molecular weight is 291 g/mol. The summed E-state index contributed by atoms with van der Waals surface area (Å²) in [6, 6.07) is 17.3. The van der Waals surface area contributed by atoms with Crippen molar-refractivity contribution in [1.29, 1.82) is 0 Å². The van der Waals surface area contributed by atoms with Crippen molar-refractivity contribution in [2.45, 2.75) is 20.3 Å². The van der Waals surface area contributed by atoms with E-state index in [1.54, 1.807) is 0 Å². The Morgan fingerprint density at radius 3 is 2.41 bits per heavy atom. The van der Waals surface area contributed by atoms with Crippen LogP contribution in [0.15, 0.2) is 54.6 Å². The van der Waals surface area contributed by atoms with Crippen LogP contribution in [0.5, 0.6) is 0 Å². The standard InChI is InChI=1S/C20H21NO/c1-16(2)13-14-21-20(22)19-10-6-9-18(15-19)12-11-17-7-4-3-5-8-17/h3-10,15-16H,13-14H2,1-2H3,(H,21,22). The van der Waals surface area contributed by atoms with Crippen LogP contribution in [0.4, 0.5) is 0 Å². The van der Waals surface area contributed by atoms with E-state index in [-0.39, 0.29) is 5.91 Å². The smallest absolute Gasteiger partial charge is 0.251 e. The molecule has 112 valence electrons. The van der Waals surface area contributed by atoms with E-state index in [2.05, 4.69) is 31.0 Å². The fraction of sp³-hybridized carbons (Fsp3) is 0.250. The van der Waals surface area contributed by atoms with Gasteiger partial charge in [-0.1, -0.05) is 50.0 Å². The summed E-state index contributed by atoms with van der Waals surface area (Å²) in [6.45, 7) is 4.99. The van der Waals surface area contributed by atoms with Crippen molar-refractivity contribution in [3.05, 3.63) is 71.3 Å². The Morgan fingerprint density at radius 2 is 1.68 bits per heavy atom. The summed E-state index contributed by atoms with van der Waals surface area (Å²) in [5.41, 5.74) is 2.47. The molecule has 0 bridgehead atoms. The highest BCUT2D eigenvalue weighted by atomic mass is 16.1. The molecule has 0 aliphatic rings. The lowest BCUT2D eigenvalue weighted by molar-refractivity contribution is 0.0952. The van der Waals surface area contributed by atoms with Crippen molar-refractivity contribution < 1.29 is 4.79 Å². The predicted molar refractivity (Wildman–Crippen MR) is 90.7 cm³/mol. The number of hydrogen-bond donors (Lipinski definition) is 1. The van der Waals surface area contributed by atoms with E-state index in [1.807, 2.05) is 54.6 Å². The molecule has 0 aliphatic carbocycles. The van der Waals surface area contributed by atoms with Gasteiger partial charge in [-0.3, -0.25) is 4.79 Å². The second-order valence-corrected chi connectivity index (χ2v) is 5.64. The lowest BCUT2D eigenvalue weighted by atomic mass is 10.1. The highest BCUT2D eigenvalue weighted by Gasteiger charge is 2.05. The summed E-state index contributed by atoms with van der Waals surface area (Å²) in [5.74, 6) is 6.75. The van der Waals surface area contributed by atoms with Gasteiger partial charge in [0.05, 0.1) is 0 Å². The molecule has 0 saturated carbocycles. The maximum atomic E-state index is 12.1. The average Bonchev–Trinajstić information content (AvgIpc) is 2.54. The molecule has 0 unspecified atom stereocenters. The third-order valence-corrected chi connectivity index (χ3v) is 3.26. The molecule has 0 saturated heterocycles. The Hall–Kier alpha value is -2.53. The molecular formula is C20H21NO. The monoisotopic (exact) mass is 291 g/mol. The van der Waals surface area contributed by atoms with Crippen molar-refractivity contribution in [2.24, 2.45) is 5.92 Å². The Balaban J connectivity index is 2.04. The van der Waals surface area contributed by atoms with Crippen LogP contribution in [0.3, 0.4) is 0 Å². The minimum Gasteiger partial charge on any atom is -0.352 e. The molecule has 2 aromatic carbocycles. The van der Waals surface area contributed by atoms with E-state index < -0.39 is 0 Å². The van der Waals surface area contributed by atoms with Gasteiger partial charge in [0.15, 0.2) is 0 Å². The summed E-state index contributed by atoms with van der Waals surface area (Å²) in [4.78, 5) is 12.1. The first kappa shape index (κ1) is 15.9. The highest BCUT2D eigenvalue weighted by Crippen LogP contribution is 2.05. The summed E-state index contributed by atoms with van der Waals surface area (Å²) >= 11 is 0. The van der Waals surface area contributed by atoms with Crippen LogP contribution in [0.25, 0.3) is 0 Å². The number of carbonyl (C=O) groups is 1. The summed E-state index contributed by atoms with van der Waals surface area (Å²) in [6.07, 6.45) is 0.985. The Bertz CT molecular complexity index is 678. The molecule has 0 spiro atoms. The summed E-state index contributed by atoms with van der Waals surface area (Å²) in [5, 5.41) is 2.94. The van der Waals surface area contributed by atoms with Crippen LogP contribution in [0, 0.1) is 17.8 Å². The van der Waals surface area contributed by atoms with Crippen LogP contribution in [-0.2, 0) is 0 Å². The highest BCUT2D eigenvalue weighted by molar-refractivity contribution is 5.94. The topological polar surface area (TPSA) is 29.1 Å². The van der Waals surface area contributed by atoms with Gasteiger partial charge in [0.25, 0.3) is 5.91 Å². The van der Waals surface area contributed by atoms with Crippen LogP contribution in [0.1, 0.15) is 41.8 Å². The van der Waals surface area contributed by atoms with E-state index >= 15 is 0 Å². The zero-order chi connectivity index (χ0) is 15.8. The van der Waals surface area contributed by atoms with E-state index in [1.165, 1.54) is 0 Å². The molecule has 22 heavy (non-hydrogen) atoms. The minimum atomic E-state index is -0.0380. The third kappa shape index (κ3) is 5.10. The Kier molecular flexibility index (Phi) is 5.80. The van der Waals surface area contributed by atoms with Gasteiger partial charge in [0.1, 0.15) is 0 Å². The SMILES string of the molecule is CC(C)CCNC(=O)c1cccc(C#Cc2ccccc2)c1. The number of hydrogen-bond acceptors (Lipinski definition) is 1. The lowest BCUT2D eigenvalue weighted by Crippen LogP contribution is -2.25. The van der Waals surface area contributed by atoms with Crippen LogP contribution < -0.4 is 5.32 Å². The first-order chi connectivity index (χ1) is 10.6. The zero-order valence-corrected chi connectivity index (χ0v) is 13.1. The Morgan fingerprint density at radius 1 is 1.00 bits per heavy atom. The molecule has 2 nitrogen and oxygen atoms in total. The first-order valence-electron chi connectivity index (χ1n) is 7.60. The van der Waals surface area contributed by atoms with Gasteiger partial charge in [-0.2, -0.15) is 0 Å². The molecule has 0 atom stereocenters. The predicted octanol–water partition coefficient (Wildman–Crippen LogP) is 3.86. The molecule has 0 radical (unpaired) electrons. The molecular weight excluding hydrogens is 270 g/mol. The summed E-state index contributed by atoms with van der Waals surface area (Å²) in [7, 11) is 0. The van der Waals surface area contributed by atoms with Crippen LogP contribution in [0.2, 0.25) is 0 Å². The molecule has 1 N–H and O–H groups in total. The Labute approximate surface area is 132 Å². The molecule has 1 amide bonds. The molecule has 0 fully saturated rings. The van der Waals surface area contributed by atoms with Gasteiger partial charge in [0, 0.05) is 23.2 Å². The number of nitrogens with one attached hydrogen (secondary N) is 1. The van der Waals surface area contributed by atoms with Gasteiger partial charge in [-0.25, -0.2) is 0 Å². The van der Waals surface area contributed by atoms with Gasteiger partial charge in [0.2, 0.25) is 0 Å². The molecule has 0 aliphatic heterocycles. The quantitative estimate of drug-likeness (QED) is 0.851. The van der Waals surface area contributed by atoms with Gasteiger partial charge in [-0.05, 0) is 42.7 Å². The van der Waals surface area contributed by atoms with Crippen molar-refractivity contribution in [3.63, 3.8) is 0 Å².